The fraction of sp³-hybridized carbons (Fsp3) is 0.400. The molecule has 1 aromatic heterocycles. The van der Waals surface area contributed by atoms with Crippen LogP contribution < -0.4 is 16.2 Å². The predicted octanol–water partition coefficient (Wildman–Crippen LogP) is -1.05. The summed E-state index contributed by atoms with van der Waals surface area (Å²) in [7, 11) is -3.48. The van der Waals surface area contributed by atoms with E-state index in [9.17, 15) is 13.2 Å². The van der Waals surface area contributed by atoms with Gasteiger partial charge in [0, 0.05) is 19.3 Å². The molecule has 0 bridgehead atoms. The summed E-state index contributed by atoms with van der Waals surface area (Å²) in [4.78, 5) is 15.5. The smallest absolute Gasteiger partial charge is 0.269 e. The molecule has 18 heavy (non-hydrogen) atoms. The molecular formula is C10H16N4O3S. The lowest BCUT2D eigenvalue weighted by Crippen LogP contribution is -2.28. The fourth-order valence-electron chi connectivity index (χ4n) is 1.25. The first kappa shape index (κ1) is 14.6. The number of primary sulfonamides is 1. The van der Waals surface area contributed by atoms with E-state index in [1.165, 1.54) is 6.20 Å². The maximum atomic E-state index is 11.6. The van der Waals surface area contributed by atoms with E-state index in [1.807, 2.05) is 0 Å². The molecule has 5 N–H and O–H groups in total. The highest BCUT2D eigenvalue weighted by Crippen LogP contribution is 1.99. The van der Waals surface area contributed by atoms with Crippen LogP contribution in [-0.2, 0) is 16.6 Å². The van der Waals surface area contributed by atoms with Gasteiger partial charge in [0.05, 0.1) is 5.75 Å². The zero-order valence-corrected chi connectivity index (χ0v) is 10.6. The third-order valence-electron chi connectivity index (χ3n) is 2.18. The Morgan fingerprint density at radius 3 is 2.61 bits per heavy atom. The molecule has 0 fully saturated rings. The number of sulfonamides is 1. The van der Waals surface area contributed by atoms with E-state index in [4.69, 9.17) is 10.9 Å². The molecule has 1 aromatic rings. The highest BCUT2D eigenvalue weighted by Gasteiger charge is 2.07. The van der Waals surface area contributed by atoms with Crippen LogP contribution in [0.2, 0.25) is 0 Å². The number of carbonyl (C=O) groups is 1. The van der Waals surface area contributed by atoms with E-state index in [2.05, 4.69) is 10.3 Å². The Morgan fingerprint density at radius 1 is 1.39 bits per heavy atom. The molecule has 0 saturated carbocycles. The number of nitrogens with one attached hydrogen (secondary N) is 1. The second kappa shape index (κ2) is 6.43. The van der Waals surface area contributed by atoms with Crippen molar-refractivity contribution in [2.24, 2.45) is 10.9 Å². The van der Waals surface area contributed by atoms with Gasteiger partial charge < -0.3 is 11.1 Å². The molecule has 0 aliphatic rings. The van der Waals surface area contributed by atoms with Gasteiger partial charge in [0.2, 0.25) is 10.0 Å². The largest absolute Gasteiger partial charge is 0.351 e. The lowest BCUT2D eigenvalue weighted by molar-refractivity contribution is 0.0948. The summed E-state index contributed by atoms with van der Waals surface area (Å²) in [5, 5.41) is 7.39. The van der Waals surface area contributed by atoms with E-state index in [0.717, 1.165) is 5.56 Å². The van der Waals surface area contributed by atoms with Crippen molar-refractivity contribution < 1.29 is 13.2 Å². The van der Waals surface area contributed by atoms with E-state index in [-0.39, 0.29) is 30.3 Å². The normalized spacial score (nSPS) is 11.2. The molecule has 0 aromatic carbocycles. The van der Waals surface area contributed by atoms with Crippen LogP contribution in [0.15, 0.2) is 18.3 Å². The number of nitrogens with two attached hydrogens (primary N) is 2. The van der Waals surface area contributed by atoms with Gasteiger partial charge in [0.1, 0.15) is 5.69 Å². The molecule has 7 nitrogen and oxygen atoms in total. The van der Waals surface area contributed by atoms with Crippen molar-refractivity contribution in [2.75, 3.05) is 12.3 Å². The van der Waals surface area contributed by atoms with Crippen molar-refractivity contribution in [1.82, 2.24) is 10.3 Å². The fourth-order valence-corrected chi connectivity index (χ4v) is 1.79. The van der Waals surface area contributed by atoms with Crippen molar-refractivity contribution in [3.63, 3.8) is 0 Å². The third kappa shape index (κ3) is 5.21. The quantitative estimate of drug-likeness (QED) is 0.569. The second-order valence-electron chi connectivity index (χ2n) is 3.73. The molecule has 0 radical (unpaired) electrons. The molecule has 100 valence electrons. The van der Waals surface area contributed by atoms with Gasteiger partial charge in [-0.05, 0) is 18.1 Å². The van der Waals surface area contributed by atoms with Crippen LogP contribution in [-0.4, -0.2) is 31.6 Å². The zero-order chi connectivity index (χ0) is 13.6. The summed E-state index contributed by atoms with van der Waals surface area (Å²) in [6.07, 6.45) is 1.80. The first-order valence-electron chi connectivity index (χ1n) is 5.36. The number of carbonyl (C=O) groups excluding carboxylic acids is 1. The van der Waals surface area contributed by atoms with Crippen molar-refractivity contribution in [2.45, 2.75) is 13.0 Å². The Labute approximate surface area is 106 Å². The number of nitrogens with zero attached hydrogens (tertiary/aromatic N) is 1. The van der Waals surface area contributed by atoms with Gasteiger partial charge in [-0.25, -0.2) is 13.6 Å². The van der Waals surface area contributed by atoms with Crippen LogP contribution >= 0.6 is 0 Å². The average Bonchev–Trinajstić information content (AvgIpc) is 2.33. The number of hydrogen-bond acceptors (Lipinski definition) is 5. The maximum absolute atomic E-state index is 11.6. The van der Waals surface area contributed by atoms with E-state index >= 15 is 0 Å². The molecule has 0 unspecified atom stereocenters. The van der Waals surface area contributed by atoms with Gasteiger partial charge in [-0.1, -0.05) is 6.07 Å². The number of rotatable bonds is 6. The van der Waals surface area contributed by atoms with E-state index < -0.39 is 10.0 Å². The summed E-state index contributed by atoms with van der Waals surface area (Å²) in [6.45, 7) is 0.596. The Bertz CT molecular complexity index is 498. The van der Waals surface area contributed by atoms with Crippen molar-refractivity contribution in [3.05, 3.63) is 29.6 Å². The minimum Gasteiger partial charge on any atom is -0.351 e. The SMILES string of the molecule is NCc1ccc(C(=O)NCCCS(N)(=O)=O)nc1. The van der Waals surface area contributed by atoms with Gasteiger partial charge in [-0.3, -0.25) is 9.78 Å². The monoisotopic (exact) mass is 272 g/mol. The standard InChI is InChI=1S/C10H16N4O3S/c11-6-8-2-3-9(14-7-8)10(15)13-4-1-5-18(12,16)17/h2-3,7H,1,4-6,11H2,(H,13,15)(H2,12,16,17). The molecule has 0 saturated heterocycles. The Morgan fingerprint density at radius 2 is 2.11 bits per heavy atom. The highest BCUT2D eigenvalue weighted by molar-refractivity contribution is 7.89. The number of hydrogen-bond donors (Lipinski definition) is 3. The summed E-state index contributed by atoms with van der Waals surface area (Å²) < 4.78 is 21.3. The summed E-state index contributed by atoms with van der Waals surface area (Å²) in [6, 6.07) is 3.28. The molecule has 0 spiro atoms. The first-order valence-corrected chi connectivity index (χ1v) is 7.07. The first-order chi connectivity index (χ1) is 8.42. The van der Waals surface area contributed by atoms with Gasteiger partial charge in [0.25, 0.3) is 5.91 Å². The molecule has 0 aliphatic heterocycles. The third-order valence-corrected chi connectivity index (χ3v) is 3.04. The van der Waals surface area contributed by atoms with Crippen LogP contribution in [0, 0.1) is 0 Å². The maximum Gasteiger partial charge on any atom is 0.269 e. The molecule has 0 aliphatic carbocycles. The lowest BCUT2D eigenvalue weighted by atomic mass is 10.2. The van der Waals surface area contributed by atoms with E-state index in [0.29, 0.717) is 6.54 Å². The number of aromatic nitrogens is 1. The summed E-state index contributed by atoms with van der Waals surface area (Å²) in [5.74, 6) is -0.514. The van der Waals surface area contributed by atoms with Gasteiger partial charge >= 0.3 is 0 Å². The van der Waals surface area contributed by atoms with Crippen molar-refractivity contribution in [1.29, 1.82) is 0 Å². The number of pyridine rings is 1. The highest BCUT2D eigenvalue weighted by atomic mass is 32.2. The molecule has 0 atom stereocenters. The van der Waals surface area contributed by atoms with Gasteiger partial charge in [0.15, 0.2) is 0 Å². The summed E-state index contributed by atoms with van der Waals surface area (Å²) in [5.41, 5.74) is 6.51. The van der Waals surface area contributed by atoms with Crippen LogP contribution in [0.25, 0.3) is 0 Å². The minimum atomic E-state index is -3.48. The topological polar surface area (TPSA) is 128 Å². The molecule has 8 heteroatoms. The van der Waals surface area contributed by atoms with Crippen LogP contribution in [0.1, 0.15) is 22.5 Å². The minimum absolute atomic E-state index is 0.160. The van der Waals surface area contributed by atoms with Crippen LogP contribution in [0.4, 0.5) is 0 Å². The average molecular weight is 272 g/mol. The lowest BCUT2D eigenvalue weighted by Gasteiger charge is -2.04. The van der Waals surface area contributed by atoms with Gasteiger partial charge in [-0.2, -0.15) is 0 Å². The van der Waals surface area contributed by atoms with Gasteiger partial charge in [-0.15, -0.1) is 0 Å². The van der Waals surface area contributed by atoms with Crippen molar-refractivity contribution in [3.8, 4) is 0 Å². The van der Waals surface area contributed by atoms with Crippen LogP contribution in [0.3, 0.4) is 0 Å². The zero-order valence-electron chi connectivity index (χ0n) is 9.80. The van der Waals surface area contributed by atoms with Crippen LogP contribution in [0.5, 0.6) is 0 Å². The van der Waals surface area contributed by atoms with E-state index in [1.54, 1.807) is 12.1 Å². The molecular weight excluding hydrogens is 256 g/mol. The molecule has 1 heterocycles. The Kier molecular flexibility index (Phi) is 5.20. The second-order valence-corrected chi connectivity index (χ2v) is 5.47. The molecule has 1 amide bonds. The Hall–Kier alpha value is -1.51. The van der Waals surface area contributed by atoms with Crippen molar-refractivity contribution >= 4 is 15.9 Å². The predicted molar refractivity (Wildman–Crippen MR) is 67.1 cm³/mol. The summed E-state index contributed by atoms with van der Waals surface area (Å²) >= 11 is 0. The molecule has 1 rings (SSSR count). The Balaban J connectivity index is 2.40. The number of amides is 1.